The van der Waals surface area contributed by atoms with Crippen LogP contribution in [0.4, 0.5) is 0 Å². The largest absolute Gasteiger partial charge is 1.00 e. The summed E-state index contributed by atoms with van der Waals surface area (Å²) in [4.78, 5) is 44.4. The van der Waals surface area contributed by atoms with Crippen LogP contribution in [0.1, 0.15) is 58.3 Å². The van der Waals surface area contributed by atoms with Crippen LogP contribution in [0.3, 0.4) is 0 Å². The fourth-order valence-corrected chi connectivity index (χ4v) is 3.22. The molecule has 0 aromatic rings. The van der Waals surface area contributed by atoms with Crippen LogP contribution in [0.25, 0.3) is 0 Å². The number of hydrogen-bond donors (Lipinski definition) is 1. The zero-order chi connectivity index (χ0) is 19.8. The molecule has 0 amide bonds. The Kier molecular flexibility index (Phi) is 13.0. The Labute approximate surface area is 178 Å². The Hall–Kier alpha value is -1.68. The third-order valence-electron chi connectivity index (χ3n) is 5.29. The van der Waals surface area contributed by atoms with Gasteiger partial charge in [0.05, 0.1) is 17.4 Å². The van der Waals surface area contributed by atoms with Gasteiger partial charge in [-0.1, -0.05) is 12.2 Å². The predicted octanol–water partition coefficient (Wildman–Crippen LogP) is 0.0787. The minimum absolute atomic E-state index is 0. The molecule has 0 radical (unpaired) electrons. The van der Waals surface area contributed by atoms with Crippen LogP contribution in [-0.2, 0) is 23.9 Å². The molecule has 2 saturated carbocycles. The van der Waals surface area contributed by atoms with Gasteiger partial charge in [0, 0.05) is 25.7 Å². The Balaban J connectivity index is 0. The summed E-state index contributed by atoms with van der Waals surface area (Å²) in [6.07, 6.45) is 6.68. The molecule has 0 saturated heterocycles. The van der Waals surface area contributed by atoms with E-state index in [1.807, 2.05) is 0 Å². The normalized spacial score (nSPS) is 19.5. The van der Waals surface area contributed by atoms with Crippen LogP contribution >= 0.6 is 0 Å². The third-order valence-corrected chi connectivity index (χ3v) is 5.29. The van der Waals surface area contributed by atoms with Gasteiger partial charge in [-0.2, -0.15) is 0 Å². The van der Waals surface area contributed by atoms with E-state index in [0.29, 0.717) is 58.0 Å². The minimum atomic E-state index is -0.856. The average Bonchev–Trinajstić information content (AvgIpc) is 2.64. The number of hydrogen-bond acceptors (Lipinski definition) is 6. The fourth-order valence-electron chi connectivity index (χ4n) is 3.22. The molecule has 2 rings (SSSR count). The van der Waals surface area contributed by atoms with Crippen LogP contribution in [0.5, 0.6) is 0 Å². The van der Waals surface area contributed by atoms with E-state index < -0.39 is 16.8 Å². The molecular formula is C20H29LiO7. The van der Waals surface area contributed by atoms with Crippen molar-refractivity contribution in [1.29, 1.82) is 0 Å². The van der Waals surface area contributed by atoms with Gasteiger partial charge in [0.25, 0.3) is 0 Å². The summed E-state index contributed by atoms with van der Waals surface area (Å²) >= 11 is 0. The molecular weight excluding hydrogens is 359 g/mol. The second kappa shape index (κ2) is 12.7. The van der Waals surface area contributed by atoms with Gasteiger partial charge in [-0.3, -0.25) is 19.2 Å². The van der Waals surface area contributed by atoms with E-state index in [2.05, 4.69) is 13.2 Å². The number of ether oxygens (including phenoxy) is 1. The van der Waals surface area contributed by atoms with Crippen molar-refractivity contribution < 1.29 is 53.4 Å². The smallest absolute Gasteiger partial charge is 0.870 e. The van der Waals surface area contributed by atoms with Gasteiger partial charge in [-0.05, 0) is 32.6 Å². The molecule has 152 valence electrons. The maximum absolute atomic E-state index is 11.7. The standard InChI is InChI=1S/C11H16O3.C9H12O3.Li.H2O/c1-3-11(10(13)14-4-2)7-5-9(12)6-8-11;1-2-9(8(11)12)5-3-7(10)4-6-9;;/h3H,1,4-8H2,2H3;2H,1,3-6H2,(H,11,12);;1H2/q;;+1;/p-1. The molecule has 2 aliphatic carbocycles. The zero-order valence-electron chi connectivity index (χ0n) is 16.9. The van der Waals surface area contributed by atoms with Gasteiger partial charge in [0.2, 0.25) is 0 Å². The maximum Gasteiger partial charge on any atom is 1.00 e. The molecule has 28 heavy (non-hydrogen) atoms. The number of carbonyl (C=O) groups excluding carboxylic acids is 3. The molecule has 0 unspecified atom stereocenters. The zero-order valence-corrected chi connectivity index (χ0v) is 16.9. The number of carboxylic acid groups (broad SMARTS) is 1. The first-order valence-electron chi connectivity index (χ1n) is 8.96. The molecule has 0 spiro atoms. The Morgan fingerprint density at radius 1 is 0.964 bits per heavy atom. The van der Waals surface area contributed by atoms with E-state index in [4.69, 9.17) is 9.84 Å². The summed E-state index contributed by atoms with van der Waals surface area (Å²) in [5.74, 6) is -0.701. The second-order valence-electron chi connectivity index (χ2n) is 6.82. The summed E-state index contributed by atoms with van der Waals surface area (Å²) in [6, 6.07) is 0. The van der Waals surface area contributed by atoms with E-state index in [1.54, 1.807) is 13.0 Å². The Bertz CT molecular complexity index is 577. The van der Waals surface area contributed by atoms with Crippen molar-refractivity contribution in [1.82, 2.24) is 0 Å². The van der Waals surface area contributed by atoms with Crippen molar-refractivity contribution in [3.63, 3.8) is 0 Å². The van der Waals surface area contributed by atoms with E-state index in [9.17, 15) is 19.2 Å². The molecule has 0 bridgehead atoms. The molecule has 0 aromatic carbocycles. The average molecular weight is 388 g/mol. The molecule has 2 N–H and O–H groups in total. The SMILES string of the molecule is C=CC1(C(=O)O)CCC(=O)CC1.C=CC1(C(=O)OCC)CCC(=O)CC1.[Li+].[OH-]. The van der Waals surface area contributed by atoms with Crippen molar-refractivity contribution in [2.75, 3.05) is 6.61 Å². The van der Waals surface area contributed by atoms with Crippen molar-refractivity contribution in [3.05, 3.63) is 25.3 Å². The van der Waals surface area contributed by atoms with Crippen LogP contribution in [-0.4, -0.2) is 40.7 Å². The Morgan fingerprint density at radius 3 is 1.61 bits per heavy atom. The van der Waals surface area contributed by atoms with Crippen molar-refractivity contribution >= 4 is 23.5 Å². The fraction of sp³-hybridized carbons (Fsp3) is 0.600. The number of esters is 1. The molecule has 2 aliphatic rings. The summed E-state index contributed by atoms with van der Waals surface area (Å²) in [5.41, 5.74) is -1.45. The number of rotatable bonds is 5. The van der Waals surface area contributed by atoms with E-state index >= 15 is 0 Å². The summed E-state index contributed by atoms with van der Waals surface area (Å²) in [6.45, 7) is 9.34. The monoisotopic (exact) mass is 388 g/mol. The maximum atomic E-state index is 11.7. The van der Waals surface area contributed by atoms with Crippen LogP contribution in [0.15, 0.2) is 25.3 Å². The number of ketones is 2. The first-order valence-corrected chi connectivity index (χ1v) is 8.96. The van der Waals surface area contributed by atoms with Gasteiger partial charge in [0.15, 0.2) is 0 Å². The number of Topliss-reactive ketones (excluding diaryl/α,β-unsaturated/α-hetero) is 2. The van der Waals surface area contributed by atoms with Crippen molar-refractivity contribution in [2.45, 2.75) is 58.3 Å². The molecule has 0 aromatic heterocycles. The number of carboxylic acids is 1. The third kappa shape index (κ3) is 7.05. The molecule has 0 aliphatic heterocycles. The number of carbonyl (C=O) groups is 4. The first kappa shape index (κ1) is 28.5. The van der Waals surface area contributed by atoms with Crippen LogP contribution in [0, 0.1) is 10.8 Å². The van der Waals surface area contributed by atoms with Crippen molar-refractivity contribution in [3.8, 4) is 0 Å². The summed E-state index contributed by atoms with van der Waals surface area (Å²) in [7, 11) is 0. The topological polar surface area (TPSA) is 128 Å². The molecule has 0 heterocycles. The predicted molar refractivity (Wildman–Crippen MR) is 98.4 cm³/mol. The van der Waals surface area contributed by atoms with Crippen LogP contribution in [0.2, 0.25) is 0 Å². The molecule has 0 atom stereocenters. The van der Waals surface area contributed by atoms with Gasteiger partial charge < -0.3 is 15.3 Å². The first-order chi connectivity index (χ1) is 12.2. The minimum Gasteiger partial charge on any atom is -0.870 e. The van der Waals surface area contributed by atoms with Gasteiger partial charge in [-0.25, -0.2) is 0 Å². The summed E-state index contributed by atoms with van der Waals surface area (Å²) in [5, 5.41) is 8.89. The van der Waals surface area contributed by atoms with Gasteiger partial charge in [0.1, 0.15) is 11.6 Å². The van der Waals surface area contributed by atoms with Gasteiger partial charge >= 0.3 is 30.8 Å². The number of aliphatic carboxylic acids is 1. The van der Waals surface area contributed by atoms with E-state index in [-0.39, 0.29) is 41.9 Å². The van der Waals surface area contributed by atoms with E-state index in [0.717, 1.165) is 0 Å². The molecule has 8 heteroatoms. The molecule has 7 nitrogen and oxygen atoms in total. The van der Waals surface area contributed by atoms with Gasteiger partial charge in [-0.15, -0.1) is 13.2 Å². The van der Waals surface area contributed by atoms with E-state index in [1.165, 1.54) is 6.08 Å². The Morgan fingerprint density at radius 2 is 1.32 bits per heavy atom. The van der Waals surface area contributed by atoms with Crippen molar-refractivity contribution in [2.24, 2.45) is 10.8 Å². The second-order valence-corrected chi connectivity index (χ2v) is 6.82. The summed E-state index contributed by atoms with van der Waals surface area (Å²) < 4.78 is 4.99. The molecule has 2 fully saturated rings. The van der Waals surface area contributed by atoms with Crippen LogP contribution < -0.4 is 18.9 Å². The quantitative estimate of drug-likeness (QED) is 0.401.